The van der Waals surface area contributed by atoms with Gasteiger partial charge in [0, 0.05) is 6.04 Å². The topological polar surface area (TPSA) is 61.5 Å². The van der Waals surface area contributed by atoms with Crippen molar-refractivity contribution in [3.63, 3.8) is 0 Å². The fraction of sp³-hybridized carbons (Fsp3) is 0.462. The lowest BCUT2D eigenvalue weighted by molar-refractivity contribution is -0.141. The summed E-state index contributed by atoms with van der Waals surface area (Å²) >= 11 is 0. The maximum atomic E-state index is 11.1. The molecule has 0 saturated heterocycles. The van der Waals surface area contributed by atoms with Gasteiger partial charge in [0.05, 0.1) is 20.1 Å². The second-order valence-electron chi connectivity index (χ2n) is 3.80. The van der Waals surface area contributed by atoms with Gasteiger partial charge in [-0.25, -0.2) is 0 Å². The van der Waals surface area contributed by atoms with Crippen LogP contribution in [0.25, 0.3) is 0 Å². The van der Waals surface area contributed by atoms with Crippen LogP contribution in [0.5, 0.6) is 5.75 Å². The number of ether oxygens (including phenoxy) is 2. The van der Waals surface area contributed by atoms with Crippen molar-refractivity contribution in [2.75, 3.05) is 13.7 Å². The Hall–Kier alpha value is -1.55. The van der Waals surface area contributed by atoms with E-state index in [1.807, 2.05) is 24.3 Å². The number of hydrogen-bond donors (Lipinski definition) is 1. The van der Waals surface area contributed by atoms with Crippen LogP contribution < -0.4 is 10.5 Å². The zero-order valence-corrected chi connectivity index (χ0v) is 10.3. The first-order valence-electron chi connectivity index (χ1n) is 5.72. The summed E-state index contributed by atoms with van der Waals surface area (Å²) in [5.41, 5.74) is 6.78. The summed E-state index contributed by atoms with van der Waals surface area (Å²) in [6.45, 7) is 2.76. The van der Waals surface area contributed by atoms with Crippen LogP contribution in [0.2, 0.25) is 0 Å². The molecular weight excluding hydrogens is 218 g/mol. The molecule has 1 rings (SSSR count). The monoisotopic (exact) mass is 237 g/mol. The average molecular weight is 237 g/mol. The van der Waals surface area contributed by atoms with Crippen LogP contribution >= 0.6 is 0 Å². The fourth-order valence-corrected chi connectivity index (χ4v) is 1.41. The highest BCUT2D eigenvalue weighted by atomic mass is 16.5. The van der Waals surface area contributed by atoms with E-state index < -0.39 is 0 Å². The summed E-state index contributed by atoms with van der Waals surface area (Å²) in [5, 5.41) is 0. The van der Waals surface area contributed by atoms with Crippen molar-refractivity contribution in [2.24, 2.45) is 5.73 Å². The summed E-state index contributed by atoms with van der Waals surface area (Å²) in [6.07, 6.45) is 1.16. The number of methoxy groups -OCH3 is 1. The Bertz CT molecular complexity index is 348. The molecule has 2 N–H and O–H groups in total. The molecule has 0 spiro atoms. The lowest BCUT2D eigenvalue weighted by atomic mass is 10.0. The zero-order chi connectivity index (χ0) is 12.7. The van der Waals surface area contributed by atoms with Crippen LogP contribution in [0.3, 0.4) is 0 Å². The first-order valence-corrected chi connectivity index (χ1v) is 5.72. The highest BCUT2D eigenvalue weighted by Crippen LogP contribution is 2.18. The molecule has 0 radical (unpaired) electrons. The minimum Gasteiger partial charge on any atom is -0.494 e. The number of carbonyl (C=O) groups excluding carboxylic acids is 1. The van der Waals surface area contributed by atoms with Gasteiger partial charge < -0.3 is 15.2 Å². The highest BCUT2D eigenvalue weighted by Gasteiger charge is 2.11. The van der Waals surface area contributed by atoms with Crippen molar-refractivity contribution in [1.29, 1.82) is 0 Å². The average Bonchev–Trinajstić information content (AvgIpc) is 2.36. The predicted molar refractivity (Wildman–Crippen MR) is 65.8 cm³/mol. The molecule has 1 unspecified atom stereocenters. The summed E-state index contributed by atoms with van der Waals surface area (Å²) in [7, 11) is 1.36. The van der Waals surface area contributed by atoms with Crippen LogP contribution in [0.15, 0.2) is 24.3 Å². The van der Waals surface area contributed by atoms with Gasteiger partial charge >= 0.3 is 5.97 Å². The number of rotatable bonds is 6. The Balaban J connectivity index is 2.57. The molecular formula is C13H19NO3. The van der Waals surface area contributed by atoms with E-state index in [9.17, 15) is 4.79 Å². The molecule has 17 heavy (non-hydrogen) atoms. The van der Waals surface area contributed by atoms with Crippen molar-refractivity contribution < 1.29 is 14.3 Å². The second kappa shape index (κ2) is 6.91. The summed E-state index contributed by atoms with van der Waals surface area (Å²) in [6, 6.07) is 7.14. The quantitative estimate of drug-likeness (QED) is 0.769. The fourth-order valence-electron chi connectivity index (χ4n) is 1.41. The SMILES string of the molecule is CCCOc1ccc(C(N)CC(=O)OC)cc1. The number of benzene rings is 1. The number of hydrogen-bond acceptors (Lipinski definition) is 4. The van der Waals surface area contributed by atoms with Crippen molar-refractivity contribution in [3.05, 3.63) is 29.8 Å². The summed E-state index contributed by atoms with van der Waals surface area (Å²) < 4.78 is 10.0. The van der Waals surface area contributed by atoms with E-state index in [4.69, 9.17) is 10.5 Å². The molecule has 0 aliphatic carbocycles. The number of carbonyl (C=O) groups is 1. The highest BCUT2D eigenvalue weighted by molar-refractivity contribution is 5.70. The molecule has 94 valence electrons. The number of nitrogens with two attached hydrogens (primary N) is 1. The first kappa shape index (κ1) is 13.5. The second-order valence-corrected chi connectivity index (χ2v) is 3.80. The van der Waals surface area contributed by atoms with Crippen LogP contribution in [-0.2, 0) is 9.53 Å². The Kier molecular flexibility index (Phi) is 5.49. The third-order valence-corrected chi connectivity index (χ3v) is 2.40. The zero-order valence-electron chi connectivity index (χ0n) is 10.3. The molecule has 1 aromatic rings. The van der Waals surface area contributed by atoms with Crippen LogP contribution in [0, 0.1) is 0 Å². The van der Waals surface area contributed by atoms with Crippen LogP contribution in [0.4, 0.5) is 0 Å². The lowest BCUT2D eigenvalue weighted by Gasteiger charge is -2.11. The molecule has 0 bridgehead atoms. The normalized spacial score (nSPS) is 11.9. The molecule has 0 fully saturated rings. The van der Waals surface area contributed by atoms with E-state index in [1.165, 1.54) is 7.11 Å². The Morgan fingerprint density at radius 1 is 1.35 bits per heavy atom. The van der Waals surface area contributed by atoms with Gasteiger partial charge in [-0.05, 0) is 24.1 Å². The van der Waals surface area contributed by atoms with Gasteiger partial charge in [-0.2, -0.15) is 0 Å². The largest absolute Gasteiger partial charge is 0.494 e. The molecule has 1 aromatic carbocycles. The summed E-state index contributed by atoms with van der Waals surface area (Å²) in [5.74, 6) is 0.518. The Labute approximate surface area is 102 Å². The van der Waals surface area contributed by atoms with E-state index in [0.717, 1.165) is 17.7 Å². The van der Waals surface area contributed by atoms with Crippen LogP contribution in [0.1, 0.15) is 31.4 Å². The number of esters is 1. The molecule has 0 aliphatic rings. The van der Waals surface area contributed by atoms with Crippen molar-refractivity contribution in [1.82, 2.24) is 0 Å². The Morgan fingerprint density at radius 2 is 2.00 bits per heavy atom. The Morgan fingerprint density at radius 3 is 2.53 bits per heavy atom. The van der Waals surface area contributed by atoms with Gasteiger partial charge in [-0.15, -0.1) is 0 Å². The van der Waals surface area contributed by atoms with Crippen molar-refractivity contribution in [3.8, 4) is 5.75 Å². The third kappa shape index (κ3) is 4.44. The maximum absolute atomic E-state index is 11.1. The van der Waals surface area contributed by atoms with E-state index in [2.05, 4.69) is 11.7 Å². The molecule has 0 aromatic heterocycles. The summed E-state index contributed by atoms with van der Waals surface area (Å²) in [4.78, 5) is 11.1. The predicted octanol–water partition coefficient (Wildman–Crippen LogP) is 2.04. The van der Waals surface area contributed by atoms with Crippen molar-refractivity contribution in [2.45, 2.75) is 25.8 Å². The molecule has 4 heteroatoms. The lowest BCUT2D eigenvalue weighted by Crippen LogP contribution is -2.16. The van der Waals surface area contributed by atoms with E-state index in [1.54, 1.807) is 0 Å². The minimum absolute atomic E-state index is 0.186. The molecule has 0 saturated carbocycles. The molecule has 0 aliphatic heterocycles. The molecule has 0 amide bonds. The van der Waals surface area contributed by atoms with Gasteiger partial charge in [0.25, 0.3) is 0 Å². The van der Waals surface area contributed by atoms with E-state index in [0.29, 0.717) is 6.61 Å². The van der Waals surface area contributed by atoms with Crippen LogP contribution in [-0.4, -0.2) is 19.7 Å². The van der Waals surface area contributed by atoms with Gasteiger partial charge in [0.15, 0.2) is 0 Å². The van der Waals surface area contributed by atoms with Gasteiger partial charge in [0.2, 0.25) is 0 Å². The van der Waals surface area contributed by atoms with Gasteiger partial charge in [-0.3, -0.25) is 4.79 Å². The van der Waals surface area contributed by atoms with Gasteiger partial charge in [0.1, 0.15) is 5.75 Å². The third-order valence-electron chi connectivity index (χ3n) is 2.40. The molecule has 4 nitrogen and oxygen atoms in total. The minimum atomic E-state index is -0.331. The smallest absolute Gasteiger partial charge is 0.307 e. The molecule has 1 atom stereocenters. The van der Waals surface area contributed by atoms with E-state index in [-0.39, 0.29) is 18.4 Å². The van der Waals surface area contributed by atoms with Gasteiger partial charge in [-0.1, -0.05) is 19.1 Å². The standard InChI is InChI=1S/C13H19NO3/c1-3-8-17-11-6-4-10(5-7-11)12(14)9-13(15)16-2/h4-7,12H,3,8-9,14H2,1-2H3. The molecule has 0 heterocycles. The maximum Gasteiger partial charge on any atom is 0.307 e. The van der Waals surface area contributed by atoms with E-state index >= 15 is 0 Å². The first-order chi connectivity index (χ1) is 8.17. The van der Waals surface area contributed by atoms with Crippen molar-refractivity contribution >= 4 is 5.97 Å².